The third kappa shape index (κ3) is 1.95. The lowest BCUT2D eigenvalue weighted by atomic mass is 10.2. The largest absolute Gasteiger partial charge is 0.293 e. The minimum Gasteiger partial charge on any atom is -0.293 e. The Morgan fingerprint density at radius 1 is 1.32 bits per heavy atom. The van der Waals surface area contributed by atoms with Gasteiger partial charge in [-0.2, -0.15) is 0 Å². The first-order valence-electron chi connectivity index (χ1n) is 5.33. The van der Waals surface area contributed by atoms with Crippen molar-refractivity contribution in [3.63, 3.8) is 0 Å². The third-order valence-electron chi connectivity index (χ3n) is 2.71. The molecule has 1 amide bonds. The Kier molecular flexibility index (Phi) is 2.87. The molecule has 8 heteroatoms. The molecule has 3 rings (SSSR count). The van der Waals surface area contributed by atoms with E-state index in [4.69, 9.17) is 17.0 Å². The molecule has 0 spiro atoms. The monoisotopic (exact) mass is 339 g/mol. The van der Waals surface area contributed by atoms with Gasteiger partial charge in [0, 0.05) is 10.6 Å². The summed E-state index contributed by atoms with van der Waals surface area (Å²) < 4.78 is 1.49. The number of nitrogens with zero attached hydrogens (tertiary/aromatic N) is 3. The summed E-state index contributed by atoms with van der Waals surface area (Å²) in [6.07, 6.45) is 0. The molecule has 0 bridgehead atoms. The molecule has 1 atom stereocenters. The van der Waals surface area contributed by atoms with Crippen molar-refractivity contribution in [1.82, 2.24) is 14.8 Å². The topological polar surface area (TPSA) is 83.7 Å². The van der Waals surface area contributed by atoms with Gasteiger partial charge in [-0.1, -0.05) is 27.5 Å². The highest BCUT2D eigenvalue weighted by atomic mass is 79.9. The number of carbonyl (C=O) groups is 1. The maximum atomic E-state index is 11.6. The number of rotatable bonds is 1. The lowest BCUT2D eigenvalue weighted by Crippen LogP contribution is -2.40. The average Bonchev–Trinajstić information content (AvgIpc) is 2.81. The van der Waals surface area contributed by atoms with Crippen LogP contribution in [0, 0.1) is 5.41 Å². The number of benzene rings is 1. The van der Waals surface area contributed by atoms with Crippen molar-refractivity contribution in [2.24, 2.45) is 0 Å². The molecule has 2 heterocycles. The minimum atomic E-state index is -0.720. The summed E-state index contributed by atoms with van der Waals surface area (Å²) >= 11 is 9.00. The molecule has 96 valence electrons. The quantitative estimate of drug-likeness (QED) is 0.780. The summed E-state index contributed by atoms with van der Waals surface area (Å²) in [4.78, 5) is 10.8. The van der Waals surface area contributed by atoms with Crippen LogP contribution in [0.4, 0.5) is 5.95 Å². The van der Waals surface area contributed by atoms with Crippen molar-refractivity contribution in [2.45, 2.75) is 4.83 Å². The molecule has 0 fully saturated rings. The van der Waals surface area contributed by atoms with Crippen molar-refractivity contribution < 1.29 is 4.79 Å². The number of hydrogen-bond donors (Lipinski definition) is 2. The zero-order valence-corrected chi connectivity index (χ0v) is 11.7. The predicted molar refractivity (Wildman–Crippen MR) is 74.9 cm³/mol. The van der Waals surface area contributed by atoms with E-state index in [0.717, 1.165) is 5.56 Å². The van der Waals surface area contributed by atoms with E-state index in [0.29, 0.717) is 10.8 Å². The Bertz CT molecular complexity index is 681. The van der Waals surface area contributed by atoms with Crippen molar-refractivity contribution >= 4 is 45.2 Å². The zero-order valence-electron chi connectivity index (χ0n) is 9.39. The van der Waals surface area contributed by atoms with Crippen molar-refractivity contribution in [3.05, 3.63) is 29.3 Å². The van der Waals surface area contributed by atoms with E-state index >= 15 is 0 Å². The first-order chi connectivity index (χ1) is 9.08. The first-order valence-corrected chi connectivity index (χ1v) is 6.62. The molecule has 6 nitrogen and oxygen atoms in total. The van der Waals surface area contributed by atoms with Crippen LogP contribution in [-0.4, -0.2) is 31.3 Å². The SMILES string of the molecule is N=C1C(Br)C(=O)Nc2nnc(-c3ccc(Cl)cc3)n21. The molecule has 0 saturated carbocycles. The van der Waals surface area contributed by atoms with Crippen LogP contribution >= 0.6 is 27.5 Å². The van der Waals surface area contributed by atoms with Crippen LogP contribution in [0.2, 0.25) is 5.02 Å². The number of fused-ring (bicyclic) bond motifs is 1. The fourth-order valence-electron chi connectivity index (χ4n) is 1.79. The molecule has 2 aromatic rings. The summed E-state index contributed by atoms with van der Waals surface area (Å²) in [7, 11) is 0. The number of carbonyl (C=O) groups excluding carboxylic acids is 1. The molecular formula is C11H7BrClN5O. The third-order valence-corrected chi connectivity index (χ3v) is 3.81. The van der Waals surface area contributed by atoms with E-state index in [1.807, 2.05) is 0 Å². The van der Waals surface area contributed by atoms with E-state index < -0.39 is 4.83 Å². The molecule has 0 aliphatic carbocycles. The van der Waals surface area contributed by atoms with Gasteiger partial charge >= 0.3 is 0 Å². The molecular weight excluding hydrogens is 334 g/mol. The normalized spacial score (nSPS) is 18.1. The van der Waals surface area contributed by atoms with Crippen LogP contribution in [0.25, 0.3) is 11.4 Å². The van der Waals surface area contributed by atoms with Gasteiger partial charge in [0.2, 0.25) is 11.9 Å². The second-order valence-corrected chi connectivity index (χ2v) is 5.28. The highest BCUT2D eigenvalue weighted by Crippen LogP contribution is 2.26. The van der Waals surface area contributed by atoms with Gasteiger partial charge in [-0.15, -0.1) is 10.2 Å². The summed E-state index contributed by atoms with van der Waals surface area (Å²) in [5.74, 6) is 0.484. The Morgan fingerprint density at radius 2 is 2.00 bits per heavy atom. The maximum Gasteiger partial charge on any atom is 0.248 e. The van der Waals surface area contributed by atoms with Gasteiger partial charge in [0.05, 0.1) is 0 Å². The van der Waals surface area contributed by atoms with Gasteiger partial charge in [-0.25, -0.2) is 4.57 Å². The van der Waals surface area contributed by atoms with Gasteiger partial charge < -0.3 is 0 Å². The molecule has 0 radical (unpaired) electrons. The van der Waals surface area contributed by atoms with E-state index in [9.17, 15) is 4.79 Å². The number of halogens is 2. The van der Waals surface area contributed by atoms with E-state index in [1.165, 1.54) is 4.57 Å². The lowest BCUT2D eigenvalue weighted by molar-refractivity contribution is -0.114. The van der Waals surface area contributed by atoms with E-state index in [2.05, 4.69) is 31.4 Å². The average molecular weight is 341 g/mol. The molecule has 19 heavy (non-hydrogen) atoms. The van der Waals surface area contributed by atoms with Crippen LogP contribution in [0.15, 0.2) is 24.3 Å². The number of alkyl halides is 1. The van der Waals surface area contributed by atoms with Gasteiger partial charge in [-0.3, -0.25) is 15.5 Å². The molecule has 0 saturated heterocycles. The molecule has 1 aromatic carbocycles. The van der Waals surface area contributed by atoms with Crippen molar-refractivity contribution in [1.29, 1.82) is 5.41 Å². The lowest BCUT2D eigenvalue weighted by Gasteiger charge is -2.20. The second-order valence-electron chi connectivity index (χ2n) is 3.93. The molecule has 1 aliphatic heterocycles. The number of aromatic nitrogens is 3. The van der Waals surface area contributed by atoms with Gasteiger partial charge in [-0.05, 0) is 24.3 Å². The number of anilines is 1. The van der Waals surface area contributed by atoms with Gasteiger partial charge in [0.15, 0.2) is 10.7 Å². The molecule has 1 aromatic heterocycles. The maximum absolute atomic E-state index is 11.6. The Hall–Kier alpha value is -1.73. The Balaban J connectivity index is 2.14. The number of hydrogen-bond acceptors (Lipinski definition) is 4. The fraction of sp³-hybridized carbons (Fsp3) is 0.0909. The molecule has 1 unspecified atom stereocenters. The Morgan fingerprint density at radius 3 is 2.68 bits per heavy atom. The molecule has 2 N–H and O–H groups in total. The van der Waals surface area contributed by atoms with E-state index in [1.54, 1.807) is 24.3 Å². The van der Waals surface area contributed by atoms with Crippen molar-refractivity contribution in [3.8, 4) is 11.4 Å². The van der Waals surface area contributed by atoms with Crippen LogP contribution < -0.4 is 5.32 Å². The fourth-order valence-corrected chi connectivity index (χ4v) is 2.24. The number of amides is 1. The van der Waals surface area contributed by atoms with Crippen molar-refractivity contribution in [2.75, 3.05) is 5.32 Å². The summed E-state index contributed by atoms with van der Waals surface area (Å²) in [6.45, 7) is 0. The highest BCUT2D eigenvalue weighted by molar-refractivity contribution is 9.10. The minimum absolute atomic E-state index is 0.0775. The first kappa shape index (κ1) is 12.3. The number of nitrogens with one attached hydrogen (secondary N) is 2. The van der Waals surface area contributed by atoms with Gasteiger partial charge in [0.25, 0.3) is 0 Å². The van der Waals surface area contributed by atoms with Crippen LogP contribution in [0.3, 0.4) is 0 Å². The standard InChI is InChI=1S/C11H7BrClN5O/c12-7-8(14)18-9(5-1-3-6(13)4-2-5)16-17-11(18)15-10(7)19/h1-4,7,14H,(H,15,17,19). The summed E-state index contributed by atoms with van der Waals surface area (Å²) in [5.41, 5.74) is 0.767. The van der Waals surface area contributed by atoms with Crippen LogP contribution in [0.5, 0.6) is 0 Å². The summed E-state index contributed by atoms with van der Waals surface area (Å²) in [6, 6.07) is 7.03. The zero-order chi connectivity index (χ0) is 13.6. The van der Waals surface area contributed by atoms with Crippen LogP contribution in [0.1, 0.15) is 0 Å². The highest BCUT2D eigenvalue weighted by Gasteiger charge is 2.32. The predicted octanol–water partition coefficient (Wildman–Crippen LogP) is 2.14. The van der Waals surface area contributed by atoms with Gasteiger partial charge in [0.1, 0.15) is 5.84 Å². The van der Waals surface area contributed by atoms with Crippen LogP contribution in [-0.2, 0) is 4.79 Å². The molecule has 1 aliphatic rings. The van der Waals surface area contributed by atoms with E-state index in [-0.39, 0.29) is 17.7 Å². The summed E-state index contributed by atoms with van der Waals surface area (Å²) in [5, 5.41) is 19.1. The Labute approximate surface area is 121 Å². The smallest absolute Gasteiger partial charge is 0.248 e. The second kappa shape index (κ2) is 4.43.